The molecule has 0 spiro atoms. The number of hydrogen-bond acceptors (Lipinski definition) is 1. The highest BCUT2D eigenvalue weighted by atomic mass is 19.1. The summed E-state index contributed by atoms with van der Waals surface area (Å²) < 4.78 is 14.2. The molecule has 0 atom stereocenters. The van der Waals surface area contributed by atoms with Crippen LogP contribution >= 0.6 is 0 Å². The number of hydrogen-bond donors (Lipinski definition) is 0. The van der Waals surface area contributed by atoms with Crippen molar-refractivity contribution in [3.63, 3.8) is 0 Å². The molecule has 0 fully saturated rings. The van der Waals surface area contributed by atoms with Crippen molar-refractivity contribution in [2.75, 3.05) is 6.54 Å². The highest BCUT2D eigenvalue weighted by Gasteiger charge is 2.26. The molecule has 0 aromatic rings. The Bertz CT molecular complexity index is 654. The van der Waals surface area contributed by atoms with Gasteiger partial charge < -0.3 is 0 Å². The quantitative estimate of drug-likeness (QED) is 0.221. The molecule has 0 saturated heterocycles. The molecule has 2 heteroatoms. The van der Waals surface area contributed by atoms with Crippen molar-refractivity contribution >= 4 is 6.21 Å². The number of rotatable bonds is 9. The molecular weight excluding hydrogens is 333 g/mol. The molecule has 0 aromatic heterocycles. The van der Waals surface area contributed by atoms with E-state index >= 15 is 0 Å². The van der Waals surface area contributed by atoms with Crippen molar-refractivity contribution in [3.8, 4) is 0 Å². The van der Waals surface area contributed by atoms with Crippen LogP contribution < -0.4 is 0 Å². The molecule has 0 bridgehead atoms. The second kappa shape index (κ2) is 11.9. The van der Waals surface area contributed by atoms with E-state index in [1.54, 1.807) is 25.3 Å². The molecule has 0 amide bonds. The zero-order valence-electron chi connectivity index (χ0n) is 18.2. The lowest BCUT2D eigenvalue weighted by Crippen LogP contribution is -2.19. The molecule has 0 heterocycles. The summed E-state index contributed by atoms with van der Waals surface area (Å²) in [5, 5.41) is 0. The maximum Gasteiger partial charge on any atom is 0.126 e. The van der Waals surface area contributed by atoms with Crippen LogP contribution in [0.5, 0.6) is 0 Å². The third kappa shape index (κ3) is 8.69. The zero-order valence-corrected chi connectivity index (χ0v) is 18.2. The van der Waals surface area contributed by atoms with Gasteiger partial charge >= 0.3 is 0 Å². The molecule has 1 rings (SSSR count). The van der Waals surface area contributed by atoms with Gasteiger partial charge in [-0.1, -0.05) is 63.0 Å². The fourth-order valence-corrected chi connectivity index (χ4v) is 3.39. The molecule has 27 heavy (non-hydrogen) atoms. The van der Waals surface area contributed by atoms with Gasteiger partial charge in [0.25, 0.3) is 0 Å². The second-order valence-electron chi connectivity index (χ2n) is 8.30. The van der Waals surface area contributed by atoms with Gasteiger partial charge in [0.2, 0.25) is 0 Å². The fourth-order valence-electron chi connectivity index (χ4n) is 3.39. The molecule has 1 nitrogen and oxygen atoms in total. The minimum Gasteiger partial charge on any atom is -0.293 e. The SMILES string of the molecule is CCCCCN=C/C=C(C)/C(F)=C/C=C(C)\C=C\C1=C(C)CCCC1(C)C. The summed E-state index contributed by atoms with van der Waals surface area (Å²) in [6.45, 7) is 13.6. The van der Waals surface area contributed by atoms with E-state index in [0.717, 1.165) is 18.5 Å². The molecule has 0 aliphatic heterocycles. The Hall–Kier alpha value is -1.70. The van der Waals surface area contributed by atoms with Crippen LogP contribution in [0.15, 0.2) is 63.5 Å². The highest BCUT2D eigenvalue weighted by Crippen LogP contribution is 2.40. The maximum absolute atomic E-state index is 14.2. The van der Waals surface area contributed by atoms with Crippen LogP contribution in [0.3, 0.4) is 0 Å². The lowest BCUT2D eigenvalue weighted by molar-refractivity contribution is 0.377. The van der Waals surface area contributed by atoms with Gasteiger partial charge in [-0.3, -0.25) is 4.99 Å². The monoisotopic (exact) mass is 371 g/mol. The minimum atomic E-state index is -0.212. The van der Waals surface area contributed by atoms with Crippen LogP contribution in [-0.2, 0) is 0 Å². The zero-order chi connectivity index (χ0) is 20.3. The van der Waals surface area contributed by atoms with Crippen LogP contribution in [0, 0.1) is 5.41 Å². The largest absolute Gasteiger partial charge is 0.293 e. The van der Waals surface area contributed by atoms with Crippen molar-refractivity contribution < 1.29 is 4.39 Å². The maximum atomic E-state index is 14.2. The molecule has 0 N–H and O–H groups in total. The standard InChI is InChI=1S/C25H38FN/c1-7-8-9-18-27-19-16-22(4)24(26)15-13-20(2)12-14-23-21(3)11-10-17-25(23,5)6/h12-16,19H,7-11,17-18H2,1-6H3/b14-12+,20-13-,22-16+,24-15-,27-19?. The first-order valence-electron chi connectivity index (χ1n) is 10.4. The van der Waals surface area contributed by atoms with Crippen molar-refractivity contribution in [3.05, 3.63) is 58.5 Å². The fraction of sp³-hybridized carbons (Fsp3) is 0.560. The normalized spacial score (nSPS) is 19.6. The Kier molecular flexibility index (Phi) is 10.3. The van der Waals surface area contributed by atoms with E-state index in [1.807, 2.05) is 13.0 Å². The van der Waals surface area contributed by atoms with Gasteiger partial charge in [-0.05, 0) is 75.2 Å². The van der Waals surface area contributed by atoms with Gasteiger partial charge in [-0.2, -0.15) is 0 Å². The summed E-state index contributed by atoms with van der Waals surface area (Å²) in [6.07, 6.45) is 18.3. The predicted molar refractivity (Wildman–Crippen MR) is 119 cm³/mol. The Labute approximate surface area is 166 Å². The molecule has 1 aliphatic rings. The van der Waals surface area contributed by atoms with Gasteiger partial charge in [-0.25, -0.2) is 4.39 Å². The van der Waals surface area contributed by atoms with E-state index in [9.17, 15) is 4.39 Å². The first kappa shape index (κ1) is 23.3. The highest BCUT2D eigenvalue weighted by molar-refractivity contribution is 5.73. The van der Waals surface area contributed by atoms with Crippen LogP contribution in [0.4, 0.5) is 4.39 Å². The summed E-state index contributed by atoms with van der Waals surface area (Å²) in [5.41, 5.74) is 4.80. The summed E-state index contributed by atoms with van der Waals surface area (Å²) in [4.78, 5) is 4.30. The Balaban J connectivity index is 2.70. The summed E-state index contributed by atoms with van der Waals surface area (Å²) in [6, 6.07) is 0. The van der Waals surface area contributed by atoms with Gasteiger partial charge in [0.05, 0.1) is 0 Å². The third-order valence-corrected chi connectivity index (χ3v) is 5.25. The summed E-state index contributed by atoms with van der Waals surface area (Å²) >= 11 is 0. The molecule has 150 valence electrons. The molecule has 0 aromatic carbocycles. The topological polar surface area (TPSA) is 12.4 Å². The lowest BCUT2D eigenvalue weighted by Gasteiger charge is -2.32. The number of halogens is 1. The molecular formula is C25H38FN. The molecule has 0 unspecified atom stereocenters. The van der Waals surface area contributed by atoms with Crippen molar-refractivity contribution in [2.45, 2.75) is 80.1 Å². The lowest BCUT2D eigenvalue weighted by atomic mass is 9.72. The first-order chi connectivity index (χ1) is 12.8. The van der Waals surface area contributed by atoms with Crippen LogP contribution in [0.2, 0.25) is 0 Å². The van der Waals surface area contributed by atoms with E-state index in [-0.39, 0.29) is 11.2 Å². The Morgan fingerprint density at radius 2 is 1.89 bits per heavy atom. The summed E-state index contributed by atoms with van der Waals surface area (Å²) in [5.74, 6) is -0.212. The van der Waals surface area contributed by atoms with Gasteiger partial charge in [-0.15, -0.1) is 0 Å². The second-order valence-corrected chi connectivity index (χ2v) is 8.30. The van der Waals surface area contributed by atoms with Gasteiger partial charge in [0, 0.05) is 12.8 Å². The van der Waals surface area contributed by atoms with Crippen LogP contribution in [0.25, 0.3) is 0 Å². The average Bonchev–Trinajstić information content (AvgIpc) is 2.61. The third-order valence-electron chi connectivity index (χ3n) is 5.25. The molecule has 0 saturated carbocycles. The molecule has 1 aliphatic carbocycles. The van der Waals surface area contributed by atoms with Crippen LogP contribution in [0.1, 0.15) is 80.1 Å². The Morgan fingerprint density at radius 3 is 2.56 bits per heavy atom. The van der Waals surface area contributed by atoms with E-state index < -0.39 is 0 Å². The van der Waals surface area contributed by atoms with E-state index in [1.165, 1.54) is 43.3 Å². The van der Waals surface area contributed by atoms with Gasteiger partial charge in [0.15, 0.2) is 0 Å². The number of nitrogens with zero attached hydrogens (tertiary/aromatic N) is 1. The number of aliphatic imine (C=N–C) groups is 1. The number of unbranched alkanes of at least 4 members (excludes halogenated alkanes) is 2. The minimum absolute atomic E-state index is 0.212. The average molecular weight is 372 g/mol. The van der Waals surface area contributed by atoms with Gasteiger partial charge in [0.1, 0.15) is 5.83 Å². The van der Waals surface area contributed by atoms with E-state index in [2.05, 4.69) is 44.8 Å². The first-order valence-corrected chi connectivity index (χ1v) is 10.4. The Morgan fingerprint density at radius 1 is 1.15 bits per heavy atom. The van der Waals surface area contributed by atoms with Crippen molar-refractivity contribution in [2.24, 2.45) is 10.4 Å². The van der Waals surface area contributed by atoms with E-state index in [4.69, 9.17) is 0 Å². The van der Waals surface area contributed by atoms with Crippen LogP contribution in [-0.4, -0.2) is 12.8 Å². The van der Waals surface area contributed by atoms with Crippen molar-refractivity contribution in [1.82, 2.24) is 0 Å². The number of allylic oxidation sites excluding steroid dienone is 10. The summed E-state index contributed by atoms with van der Waals surface area (Å²) in [7, 11) is 0. The smallest absolute Gasteiger partial charge is 0.126 e. The molecule has 0 radical (unpaired) electrons. The predicted octanol–water partition coefficient (Wildman–Crippen LogP) is 8.08. The van der Waals surface area contributed by atoms with Crippen molar-refractivity contribution in [1.29, 1.82) is 0 Å². The van der Waals surface area contributed by atoms with E-state index in [0.29, 0.717) is 5.57 Å².